The van der Waals surface area contributed by atoms with Gasteiger partial charge in [-0.1, -0.05) is 24.3 Å². The van der Waals surface area contributed by atoms with Gasteiger partial charge < -0.3 is 14.8 Å². The molecule has 0 saturated heterocycles. The van der Waals surface area contributed by atoms with Crippen LogP contribution in [0, 0.1) is 0 Å². The Morgan fingerprint density at radius 1 is 1.11 bits per heavy atom. The van der Waals surface area contributed by atoms with Crippen molar-refractivity contribution in [1.29, 1.82) is 0 Å². The van der Waals surface area contributed by atoms with Crippen LogP contribution in [0.1, 0.15) is 37.3 Å². The van der Waals surface area contributed by atoms with Crippen LogP contribution in [0.25, 0.3) is 0 Å². The maximum absolute atomic E-state index is 13.0. The van der Waals surface area contributed by atoms with Crippen LogP contribution in [0.15, 0.2) is 47.4 Å². The van der Waals surface area contributed by atoms with E-state index in [0.29, 0.717) is 17.1 Å². The van der Waals surface area contributed by atoms with Crippen LogP contribution in [0.4, 0.5) is 0 Å². The lowest BCUT2D eigenvalue weighted by Gasteiger charge is -2.31. The van der Waals surface area contributed by atoms with Crippen LogP contribution in [0.5, 0.6) is 11.5 Å². The molecule has 0 saturated carbocycles. The molecule has 2 aliphatic rings. The van der Waals surface area contributed by atoms with Crippen molar-refractivity contribution in [3.8, 4) is 11.5 Å². The molecule has 2 heterocycles. The Morgan fingerprint density at radius 2 is 1.85 bits per heavy atom. The average Bonchev–Trinajstić information content (AvgIpc) is 3.09. The van der Waals surface area contributed by atoms with E-state index in [1.54, 1.807) is 24.3 Å². The van der Waals surface area contributed by atoms with E-state index in [4.69, 9.17) is 9.47 Å². The third-order valence-corrected chi connectivity index (χ3v) is 6.97. The molecule has 0 aromatic heterocycles. The van der Waals surface area contributed by atoms with Gasteiger partial charge >= 0.3 is 0 Å². The molecule has 0 radical (unpaired) electrons. The van der Waals surface area contributed by atoms with Crippen molar-refractivity contribution in [1.82, 2.24) is 5.32 Å². The summed E-state index contributed by atoms with van der Waals surface area (Å²) >= 11 is 0. The molecule has 0 aliphatic carbocycles. The minimum absolute atomic E-state index is 0.0213. The minimum atomic E-state index is -3.32. The molecule has 0 fully saturated rings. The largest absolute Gasteiger partial charge is 0.454 e. The van der Waals surface area contributed by atoms with Crippen molar-refractivity contribution in [2.45, 2.75) is 36.6 Å². The maximum atomic E-state index is 13.0. The Bertz CT molecular complexity index is 1010. The van der Waals surface area contributed by atoms with Crippen LogP contribution in [0.2, 0.25) is 0 Å². The summed E-state index contributed by atoms with van der Waals surface area (Å²) in [6, 6.07) is 12.3. The number of hydrogen-bond acceptors (Lipinski definition) is 5. The molecule has 1 atom stereocenters. The summed E-state index contributed by atoms with van der Waals surface area (Å²) in [4.78, 5) is 13.3. The Kier molecular flexibility index (Phi) is 4.14. The molecule has 1 N–H and O–H groups in total. The summed E-state index contributed by atoms with van der Waals surface area (Å²) in [5, 5.41) is 3.07. The van der Waals surface area contributed by atoms with Gasteiger partial charge in [0.15, 0.2) is 21.3 Å². The van der Waals surface area contributed by atoms with Crippen LogP contribution >= 0.6 is 0 Å². The summed E-state index contributed by atoms with van der Waals surface area (Å²) in [6.07, 6.45) is 0.280. The van der Waals surface area contributed by atoms with E-state index in [-0.39, 0.29) is 29.8 Å². The van der Waals surface area contributed by atoms with Gasteiger partial charge in [-0.2, -0.15) is 0 Å². The molecule has 142 valence electrons. The van der Waals surface area contributed by atoms with Crippen LogP contribution in [-0.2, 0) is 20.2 Å². The topological polar surface area (TPSA) is 81.7 Å². The highest BCUT2D eigenvalue weighted by Gasteiger charge is 2.36. The highest BCUT2D eigenvalue weighted by atomic mass is 32.2. The fourth-order valence-corrected chi connectivity index (χ4v) is 5.24. The van der Waals surface area contributed by atoms with Gasteiger partial charge in [-0.3, -0.25) is 4.79 Å². The zero-order valence-corrected chi connectivity index (χ0v) is 16.0. The van der Waals surface area contributed by atoms with Crippen molar-refractivity contribution >= 4 is 15.7 Å². The molecule has 0 spiro atoms. The van der Waals surface area contributed by atoms with E-state index in [9.17, 15) is 13.2 Å². The summed E-state index contributed by atoms with van der Waals surface area (Å²) in [7, 11) is -3.32. The van der Waals surface area contributed by atoms with Crippen LogP contribution in [-0.4, -0.2) is 26.9 Å². The third kappa shape index (κ3) is 3.16. The normalized spacial score (nSPS) is 20.0. The molecule has 7 heteroatoms. The van der Waals surface area contributed by atoms with Crippen molar-refractivity contribution in [2.75, 3.05) is 12.5 Å². The molecular formula is C20H21NO5S. The standard InChI is InChI=1S/C20H21NO5S/c1-20(2,13-7-8-16-17(11-13)26-12-25-16)21-19(22)15-9-10-27(23,24)18-6-4-3-5-14(15)18/h3-8,11,15H,9-10,12H2,1-2H3,(H,21,22). The first-order valence-electron chi connectivity index (χ1n) is 8.82. The molecule has 0 bridgehead atoms. The van der Waals surface area contributed by atoms with Crippen molar-refractivity contribution < 1.29 is 22.7 Å². The predicted molar refractivity (Wildman–Crippen MR) is 99.6 cm³/mol. The van der Waals surface area contributed by atoms with E-state index < -0.39 is 21.3 Å². The highest BCUT2D eigenvalue weighted by Crippen LogP contribution is 2.37. The zero-order valence-electron chi connectivity index (χ0n) is 15.2. The summed E-state index contributed by atoms with van der Waals surface area (Å²) in [5.41, 5.74) is 0.808. The summed E-state index contributed by atoms with van der Waals surface area (Å²) < 4.78 is 35.4. The number of carbonyl (C=O) groups excluding carboxylic acids is 1. The SMILES string of the molecule is CC(C)(NC(=O)C1CCS(=O)(=O)c2ccccc21)c1ccc2c(c1)OCO2. The fraction of sp³-hybridized carbons (Fsp3) is 0.350. The molecular weight excluding hydrogens is 366 g/mol. The van der Waals surface area contributed by atoms with E-state index in [2.05, 4.69) is 5.32 Å². The number of carbonyl (C=O) groups is 1. The van der Waals surface area contributed by atoms with Crippen LogP contribution in [0.3, 0.4) is 0 Å². The molecule has 1 amide bonds. The maximum Gasteiger partial charge on any atom is 0.231 e. The van der Waals surface area contributed by atoms with E-state index in [1.807, 2.05) is 32.0 Å². The lowest BCUT2D eigenvalue weighted by molar-refractivity contribution is -0.124. The predicted octanol–water partition coefficient (Wildman–Crippen LogP) is 2.73. The first-order chi connectivity index (χ1) is 12.8. The first kappa shape index (κ1) is 17.9. The zero-order chi connectivity index (χ0) is 19.2. The molecule has 1 unspecified atom stereocenters. The van der Waals surface area contributed by atoms with Gasteiger partial charge in [-0.05, 0) is 49.6 Å². The van der Waals surface area contributed by atoms with Gasteiger partial charge in [0, 0.05) is 0 Å². The second-order valence-corrected chi connectivity index (χ2v) is 9.46. The van der Waals surface area contributed by atoms with E-state index in [0.717, 1.165) is 5.56 Å². The van der Waals surface area contributed by atoms with Gasteiger partial charge in [0.1, 0.15) is 0 Å². The number of amides is 1. The van der Waals surface area contributed by atoms with Gasteiger partial charge in [-0.15, -0.1) is 0 Å². The van der Waals surface area contributed by atoms with Crippen LogP contribution < -0.4 is 14.8 Å². The first-order valence-corrected chi connectivity index (χ1v) is 10.5. The van der Waals surface area contributed by atoms with Gasteiger partial charge in [0.05, 0.1) is 22.1 Å². The number of sulfone groups is 1. The van der Waals surface area contributed by atoms with Gasteiger partial charge in [0.25, 0.3) is 0 Å². The van der Waals surface area contributed by atoms with Crippen molar-refractivity contribution in [3.63, 3.8) is 0 Å². The number of ether oxygens (including phenoxy) is 2. The molecule has 2 aromatic rings. The second kappa shape index (κ2) is 6.27. The second-order valence-electron chi connectivity index (χ2n) is 7.38. The number of hydrogen-bond donors (Lipinski definition) is 1. The van der Waals surface area contributed by atoms with Crippen molar-refractivity contribution in [3.05, 3.63) is 53.6 Å². The summed E-state index contributed by atoms with van der Waals surface area (Å²) in [5.74, 6) is 0.654. The lowest BCUT2D eigenvalue weighted by atomic mass is 9.90. The Hall–Kier alpha value is -2.54. The molecule has 4 rings (SSSR count). The monoisotopic (exact) mass is 387 g/mol. The molecule has 2 aliphatic heterocycles. The lowest BCUT2D eigenvalue weighted by Crippen LogP contribution is -2.44. The molecule has 6 nitrogen and oxygen atoms in total. The Morgan fingerprint density at radius 3 is 2.67 bits per heavy atom. The average molecular weight is 387 g/mol. The van der Waals surface area contributed by atoms with E-state index >= 15 is 0 Å². The minimum Gasteiger partial charge on any atom is -0.454 e. The summed E-state index contributed by atoms with van der Waals surface area (Å²) in [6.45, 7) is 4.01. The molecule has 27 heavy (non-hydrogen) atoms. The quantitative estimate of drug-likeness (QED) is 0.876. The number of nitrogens with one attached hydrogen (secondary N) is 1. The number of benzene rings is 2. The number of rotatable bonds is 3. The van der Waals surface area contributed by atoms with E-state index in [1.165, 1.54) is 0 Å². The highest BCUT2D eigenvalue weighted by molar-refractivity contribution is 7.91. The Labute approximate surface area is 158 Å². The van der Waals surface area contributed by atoms with Crippen molar-refractivity contribution in [2.24, 2.45) is 0 Å². The third-order valence-electron chi connectivity index (χ3n) is 5.15. The molecule has 2 aromatic carbocycles. The smallest absolute Gasteiger partial charge is 0.231 e. The van der Waals surface area contributed by atoms with Gasteiger partial charge in [0.2, 0.25) is 12.7 Å². The Balaban J connectivity index is 1.60. The van der Waals surface area contributed by atoms with Gasteiger partial charge in [-0.25, -0.2) is 8.42 Å². The number of fused-ring (bicyclic) bond motifs is 2. The fourth-order valence-electron chi connectivity index (χ4n) is 3.62.